The number of rotatable bonds is 2. The largest absolute Gasteiger partial charge is 0.288 e. The normalized spacial score (nSPS) is 10.2. The minimum atomic E-state index is 0.133. The highest BCUT2D eigenvalue weighted by atomic mass is 127. The van der Waals surface area contributed by atoms with Crippen LogP contribution in [0.1, 0.15) is 15.2 Å². The van der Waals surface area contributed by atoms with E-state index >= 15 is 0 Å². The van der Waals surface area contributed by atoms with Crippen molar-refractivity contribution in [2.75, 3.05) is 0 Å². The first-order valence-corrected chi connectivity index (χ1v) is 6.43. The van der Waals surface area contributed by atoms with E-state index in [9.17, 15) is 4.79 Å². The Hall–Kier alpha value is -0.200. The maximum absolute atomic E-state index is 11.7. The molecule has 0 bridgehead atoms. The minimum absolute atomic E-state index is 0.133. The summed E-state index contributed by atoms with van der Waals surface area (Å²) in [7, 11) is 0. The standard InChI is InChI=1S/C9H5IOS2/c10-8-4-6(5-13-8)9(11)7-2-1-3-12-7/h1-5H. The van der Waals surface area contributed by atoms with Crippen LogP contribution in [0.2, 0.25) is 0 Å². The van der Waals surface area contributed by atoms with Crippen molar-refractivity contribution in [3.8, 4) is 0 Å². The van der Waals surface area contributed by atoms with Crippen LogP contribution in [0.3, 0.4) is 0 Å². The topological polar surface area (TPSA) is 17.1 Å². The molecule has 2 rings (SSSR count). The van der Waals surface area contributed by atoms with Crippen molar-refractivity contribution in [3.05, 3.63) is 42.3 Å². The van der Waals surface area contributed by atoms with Gasteiger partial charge in [-0.25, -0.2) is 0 Å². The van der Waals surface area contributed by atoms with Gasteiger partial charge in [-0.2, -0.15) is 0 Å². The lowest BCUT2D eigenvalue weighted by Crippen LogP contribution is -1.95. The van der Waals surface area contributed by atoms with Crippen molar-refractivity contribution in [1.29, 1.82) is 0 Å². The Kier molecular flexibility index (Phi) is 2.80. The van der Waals surface area contributed by atoms with Gasteiger partial charge >= 0.3 is 0 Å². The van der Waals surface area contributed by atoms with Gasteiger partial charge in [0.05, 0.1) is 7.76 Å². The van der Waals surface area contributed by atoms with Gasteiger partial charge in [0.2, 0.25) is 5.78 Å². The lowest BCUT2D eigenvalue weighted by molar-refractivity contribution is 0.104. The van der Waals surface area contributed by atoms with Gasteiger partial charge in [-0.1, -0.05) is 6.07 Å². The molecule has 1 nitrogen and oxygen atoms in total. The molecule has 0 aliphatic rings. The quantitative estimate of drug-likeness (QED) is 0.610. The number of hydrogen-bond donors (Lipinski definition) is 0. The SMILES string of the molecule is O=C(c1csc(I)c1)c1cccs1. The first kappa shape index (κ1) is 9.36. The molecule has 0 spiro atoms. The highest BCUT2D eigenvalue weighted by molar-refractivity contribution is 14.1. The van der Waals surface area contributed by atoms with E-state index in [-0.39, 0.29) is 5.78 Å². The second-order valence-corrected chi connectivity index (χ2v) is 6.20. The van der Waals surface area contributed by atoms with Crippen LogP contribution in [-0.4, -0.2) is 5.78 Å². The molecule has 4 heteroatoms. The molecule has 0 radical (unpaired) electrons. The molecule has 0 saturated carbocycles. The van der Waals surface area contributed by atoms with Gasteiger partial charge in [0.25, 0.3) is 0 Å². The second kappa shape index (κ2) is 3.89. The van der Waals surface area contributed by atoms with Gasteiger partial charge < -0.3 is 0 Å². The summed E-state index contributed by atoms with van der Waals surface area (Å²) in [4.78, 5) is 12.5. The highest BCUT2D eigenvalue weighted by Crippen LogP contribution is 2.21. The number of carbonyl (C=O) groups is 1. The Bertz CT molecular complexity index is 417. The van der Waals surface area contributed by atoms with Crippen LogP contribution >= 0.6 is 45.3 Å². The van der Waals surface area contributed by atoms with Crippen molar-refractivity contribution < 1.29 is 4.79 Å². The van der Waals surface area contributed by atoms with Gasteiger partial charge in [0.15, 0.2) is 0 Å². The van der Waals surface area contributed by atoms with E-state index in [4.69, 9.17) is 0 Å². The smallest absolute Gasteiger partial charge is 0.203 e. The van der Waals surface area contributed by atoms with Crippen LogP contribution in [0.15, 0.2) is 29.0 Å². The van der Waals surface area contributed by atoms with Crippen LogP contribution in [0.5, 0.6) is 0 Å². The number of ketones is 1. The average molecular weight is 320 g/mol. The summed E-state index contributed by atoms with van der Waals surface area (Å²) in [5.41, 5.74) is 0.803. The molecule has 2 aromatic heterocycles. The van der Waals surface area contributed by atoms with Crippen LogP contribution in [-0.2, 0) is 0 Å². The molecule has 0 saturated heterocycles. The second-order valence-electron chi connectivity index (χ2n) is 2.45. The van der Waals surface area contributed by atoms with Crippen LogP contribution < -0.4 is 0 Å². The van der Waals surface area contributed by atoms with Crippen molar-refractivity contribution in [3.63, 3.8) is 0 Å². The monoisotopic (exact) mass is 320 g/mol. The summed E-state index contributed by atoms with van der Waals surface area (Å²) in [5.74, 6) is 0.133. The molecule has 66 valence electrons. The first-order chi connectivity index (χ1) is 6.27. The molecule has 13 heavy (non-hydrogen) atoms. The van der Waals surface area contributed by atoms with Crippen LogP contribution in [0.4, 0.5) is 0 Å². The van der Waals surface area contributed by atoms with Gasteiger partial charge in [-0.3, -0.25) is 4.79 Å². The predicted octanol–water partition coefficient (Wildman–Crippen LogP) is 3.65. The maximum atomic E-state index is 11.7. The van der Waals surface area contributed by atoms with E-state index < -0.39 is 0 Å². The third kappa shape index (κ3) is 2.00. The molecule has 0 amide bonds. The Labute approximate surface area is 97.6 Å². The maximum Gasteiger partial charge on any atom is 0.203 e. The van der Waals surface area contributed by atoms with Crippen molar-refractivity contribution in [2.24, 2.45) is 0 Å². The summed E-state index contributed by atoms with van der Waals surface area (Å²) in [5, 5.41) is 3.83. The Morgan fingerprint density at radius 2 is 2.23 bits per heavy atom. The van der Waals surface area contributed by atoms with E-state index in [1.54, 1.807) is 11.3 Å². The van der Waals surface area contributed by atoms with E-state index in [0.717, 1.165) is 13.3 Å². The fourth-order valence-electron chi connectivity index (χ4n) is 0.979. The Morgan fingerprint density at radius 3 is 2.77 bits per heavy atom. The van der Waals surface area contributed by atoms with E-state index in [1.807, 2.05) is 29.0 Å². The van der Waals surface area contributed by atoms with Gasteiger partial charge in [0, 0.05) is 10.9 Å². The molecule has 0 aliphatic carbocycles. The third-order valence-electron chi connectivity index (χ3n) is 1.57. The van der Waals surface area contributed by atoms with E-state index in [2.05, 4.69) is 22.6 Å². The zero-order valence-electron chi connectivity index (χ0n) is 6.49. The molecule has 0 aliphatic heterocycles. The van der Waals surface area contributed by atoms with Crippen LogP contribution in [0, 0.1) is 2.88 Å². The van der Waals surface area contributed by atoms with Gasteiger partial charge in [-0.05, 0) is 40.1 Å². The fraction of sp³-hybridized carbons (Fsp3) is 0. The third-order valence-corrected chi connectivity index (χ3v) is 4.23. The van der Waals surface area contributed by atoms with Gasteiger partial charge in [-0.15, -0.1) is 22.7 Å². The van der Waals surface area contributed by atoms with E-state index in [0.29, 0.717) is 0 Å². The summed E-state index contributed by atoms with van der Waals surface area (Å²) >= 11 is 5.31. The van der Waals surface area contributed by atoms with E-state index in [1.165, 1.54) is 11.3 Å². The first-order valence-electron chi connectivity index (χ1n) is 3.59. The summed E-state index contributed by atoms with van der Waals surface area (Å²) in [6.45, 7) is 0. The predicted molar refractivity (Wildman–Crippen MR) is 64.8 cm³/mol. The lowest BCUT2D eigenvalue weighted by Gasteiger charge is -1.90. The molecule has 2 aromatic rings. The molecule has 0 atom stereocenters. The Morgan fingerprint density at radius 1 is 1.38 bits per heavy atom. The molecule has 0 N–H and O–H groups in total. The minimum Gasteiger partial charge on any atom is -0.288 e. The molecule has 0 fully saturated rings. The van der Waals surface area contributed by atoms with Crippen molar-refractivity contribution in [2.45, 2.75) is 0 Å². The summed E-state index contributed by atoms with van der Waals surface area (Å²) < 4.78 is 1.15. The number of halogens is 1. The highest BCUT2D eigenvalue weighted by Gasteiger charge is 2.10. The molecule has 0 unspecified atom stereocenters. The fourth-order valence-corrected chi connectivity index (χ4v) is 2.99. The average Bonchev–Trinajstić information content (AvgIpc) is 2.72. The van der Waals surface area contributed by atoms with Crippen molar-refractivity contribution in [1.82, 2.24) is 0 Å². The number of thiophene rings is 2. The number of carbonyl (C=O) groups excluding carboxylic acids is 1. The molecular formula is C9H5IOS2. The number of hydrogen-bond acceptors (Lipinski definition) is 3. The van der Waals surface area contributed by atoms with Gasteiger partial charge in [0.1, 0.15) is 0 Å². The zero-order valence-corrected chi connectivity index (χ0v) is 10.3. The summed E-state index contributed by atoms with van der Waals surface area (Å²) in [6, 6.07) is 5.68. The molecule has 2 heterocycles. The zero-order chi connectivity index (χ0) is 9.26. The molecular weight excluding hydrogens is 315 g/mol. The van der Waals surface area contributed by atoms with Crippen LogP contribution in [0.25, 0.3) is 0 Å². The van der Waals surface area contributed by atoms with Crippen molar-refractivity contribution >= 4 is 51.0 Å². The summed E-state index contributed by atoms with van der Waals surface area (Å²) in [6.07, 6.45) is 0. The molecule has 0 aromatic carbocycles. The Balaban J connectivity index is 2.33. The lowest BCUT2D eigenvalue weighted by atomic mass is 10.2.